The van der Waals surface area contributed by atoms with E-state index in [-0.39, 0.29) is 6.03 Å². The van der Waals surface area contributed by atoms with Crippen molar-refractivity contribution in [1.29, 1.82) is 0 Å². The highest BCUT2D eigenvalue weighted by molar-refractivity contribution is 5.73. The lowest BCUT2D eigenvalue weighted by Crippen LogP contribution is -2.44. The molecular weight excluding hydrogens is 188 g/mol. The van der Waals surface area contributed by atoms with Gasteiger partial charge in [0.1, 0.15) is 0 Å². The van der Waals surface area contributed by atoms with Gasteiger partial charge in [-0.05, 0) is 24.7 Å². The van der Waals surface area contributed by atoms with Crippen LogP contribution in [0.15, 0.2) is 0 Å². The fraction of sp³-hybridized carbons (Fsp3) is 0.917. The maximum Gasteiger partial charge on any atom is 0.317 e. The summed E-state index contributed by atoms with van der Waals surface area (Å²) in [5, 5.41) is 3.09. The predicted octanol–water partition coefficient (Wildman–Crippen LogP) is 2.47. The molecule has 0 heterocycles. The maximum absolute atomic E-state index is 11.5. The molecule has 0 saturated heterocycles. The number of amides is 2. The minimum absolute atomic E-state index is 0.0457. The molecule has 0 unspecified atom stereocenters. The standard InChI is InChI=1S/C12H24N2O/c1-9(2)10-6-5-7-11(8-10)13-12(15)14(3)4/h9-11H,5-8H2,1-4H3,(H,13,15)/t10-,11+/m0/s1. The Bertz CT molecular complexity index is 214. The van der Waals surface area contributed by atoms with Gasteiger partial charge in [0.15, 0.2) is 0 Å². The molecule has 3 nitrogen and oxygen atoms in total. The fourth-order valence-corrected chi connectivity index (χ4v) is 2.27. The number of hydrogen-bond acceptors (Lipinski definition) is 1. The molecule has 1 saturated carbocycles. The van der Waals surface area contributed by atoms with E-state index in [1.54, 1.807) is 19.0 Å². The smallest absolute Gasteiger partial charge is 0.317 e. The van der Waals surface area contributed by atoms with Crippen molar-refractivity contribution in [3.63, 3.8) is 0 Å². The van der Waals surface area contributed by atoms with Gasteiger partial charge in [-0.15, -0.1) is 0 Å². The first-order valence-corrected chi connectivity index (χ1v) is 5.98. The van der Waals surface area contributed by atoms with E-state index in [1.807, 2.05) is 0 Å². The van der Waals surface area contributed by atoms with Crippen LogP contribution in [0.3, 0.4) is 0 Å². The lowest BCUT2D eigenvalue weighted by molar-refractivity contribution is 0.194. The van der Waals surface area contributed by atoms with Crippen LogP contribution in [-0.2, 0) is 0 Å². The number of rotatable bonds is 2. The first-order valence-electron chi connectivity index (χ1n) is 5.98. The van der Waals surface area contributed by atoms with Gasteiger partial charge in [-0.1, -0.05) is 26.7 Å². The molecule has 88 valence electrons. The van der Waals surface area contributed by atoms with Crippen LogP contribution >= 0.6 is 0 Å². The lowest BCUT2D eigenvalue weighted by Gasteiger charge is -2.32. The Morgan fingerprint density at radius 3 is 2.53 bits per heavy atom. The van der Waals surface area contributed by atoms with Crippen LogP contribution in [0.4, 0.5) is 4.79 Å². The van der Waals surface area contributed by atoms with Gasteiger partial charge in [-0.3, -0.25) is 0 Å². The van der Waals surface area contributed by atoms with E-state index in [4.69, 9.17) is 0 Å². The molecule has 15 heavy (non-hydrogen) atoms. The van der Waals surface area contributed by atoms with Crippen LogP contribution in [0, 0.1) is 11.8 Å². The van der Waals surface area contributed by atoms with Gasteiger partial charge in [-0.25, -0.2) is 4.79 Å². The zero-order valence-corrected chi connectivity index (χ0v) is 10.4. The van der Waals surface area contributed by atoms with Crippen molar-refractivity contribution < 1.29 is 4.79 Å². The topological polar surface area (TPSA) is 32.3 Å². The largest absolute Gasteiger partial charge is 0.335 e. The van der Waals surface area contributed by atoms with Crippen LogP contribution in [0.25, 0.3) is 0 Å². The van der Waals surface area contributed by atoms with Crippen molar-refractivity contribution in [2.24, 2.45) is 11.8 Å². The molecule has 2 amide bonds. The van der Waals surface area contributed by atoms with Crippen molar-refractivity contribution in [2.45, 2.75) is 45.6 Å². The lowest BCUT2D eigenvalue weighted by atomic mass is 9.79. The Balaban J connectivity index is 2.39. The second-order valence-corrected chi connectivity index (χ2v) is 5.21. The third-order valence-corrected chi connectivity index (χ3v) is 3.39. The van der Waals surface area contributed by atoms with E-state index in [0.29, 0.717) is 6.04 Å². The second-order valence-electron chi connectivity index (χ2n) is 5.21. The fourth-order valence-electron chi connectivity index (χ4n) is 2.27. The Morgan fingerprint density at radius 2 is 2.00 bits per heavy atom. The summed E-state index contributed by atoms with van der Waals surface area (Å²) < 4.78 is 0. The predicted molar refractivity (Wildman–Crippen MR) is 62.8 cm³/mol. The van der Waals surface area contributed by atoms with E-state index in [0.717, 1.165) is 24.7 Å². The summed E-state index contributed by atoms with van der Waals surface area (Å²) >= 11 is 0. The van der Waals surface area contributed by atoms with E-state index in [9.17, 15) is 4.79 Å². The summed E-state index contributed by atoms with van der Waals surface area (Å²) in [6, 6.07) is 0.436. The van der Waals surface area contributed by atoms with Gasteiger partial charge in [-0.2, -0.15) is 0 Å². The third-order valence-electron chi connectivity index (χ3n) is 3.39. The maximum atomic E-state index is 11.5. The number of nitrogens with one attached hydrogen (secondary N) is 1. The average Bonchev–Trinajstić information content (AvgIpc) is 2.18. The number of urea groups is 1. The summed E-state index contributed by atoms with van der Waals surface area (Å²) in [7, 11) is 3.58. The summed E-state index contributed by atoms with van der Waals surface area (Å²) in [5.41, 5.74) is 0. The second kappa shape index (κ2) is 5.38. The first kappa shape index (κ1) is 12.3. The van der Waals surface area contributed by atoms with Crippen molar-refractivity contribution in [3.05, 3.63) is 0 Å². The molecule has 1 aliphatic carbocycles. The van der Waals surface area contributed by atoms with Gasteiger partial charge in [0.05, 0.1) is 0 Å². The molecule has 3 heteroatoms. The molecule has 1 fully saturated rings. The zero-order valence-electron chi connectivity index (χ0n) is 10.4. The molecule has 1 rings (SSSR count). The van der Waals surface area contributed by atoms with Crippen molar-refractivity contribution >= 4 is 6.03 Å². The minimum Gasteiger partial charge on any atom is -0.335 e. The van der Waals surface area contributed by atoms with Gasteiger partial charge in [0, 0.05) is 20.1 Å². The molecule has 0 aromatic carbocycles. The molecule has 0 aromatic heterocycles. The van der Waals surface area contributed by atoms with Crippen LogP contribution in [0.1, 0.15) is 39.5 Å². The Kier molecular flexibility index (Phi) is 4.43. The van der Waals surface area contributed by atoms with Crippen molar-refractivity contribution in [3.8, 4) is 0 Å². The SMILES string of the molecule is CC(C)[C@H]1CCC[C@@H](NC(=O)N(C)C)C1. The van der Waals surface area contributed by atoms with Crippen LogP contribution < -0.4 is 5.32 Å². The number of carbonyl (C=O) groups is 1. The molecule has 1 N–H and O–H groups in total. The highest BCUT2D eigenvalue weighted by atomic mass is 16.2. The van der Waals surface area contributed by atoms with Gasteiger partial charge in [0.2, 0.25) is 0 Å². The van der Waals surface area contributed by atoms with Crippen molar-refractivity contribution in [1.82, 2.24) is 10.2 Å². The summed E-state index contributed by atoms with van der Waals surface area (Å²) in [4.78, 5) is 13.1. The molecule has 0 aliphatic heterocycles. The third kappa shape index (κ3) is 3.73. The molecule has 0 bridgehead atoms. The summed E-state index contributed by atoms with van der Waals surface area (Å²) in [5.74, 6) is 1.52. The van der Waals surface area contributed by atoms with E-state index in [1.165, 1.54) is 12.8 Å². The molecule has 0 spiro atoms. The van der Waals surface area contributed by atoms with Crippen molar-refractivity contribution in [2.75, 3.05) is 14.1 Å². The Morgan fingerprint density at radius 1 is 1.33 bits per heavy atom. The highest BCUT2D eigenvalue weighted by Gasteiger charge is 2.25. The normalized spacial score (nSPS) is 26.5. The van der Waals surface area contributed by atoms with Gasteiger partial charge in [0.25, 0.3) is 0 Å². The summed E-state index contributed by atoms with van der Waals surface area (Å²) in [6.45, 7) is 4.56. The van der Waals surface area contributed by atoms with Crippen LogP contribution in [0.2, 0.25) is 0 Å². The number of carbonyl (C=O) groups excluding carboxylic acids is 1. The minimum atomic E-state index is 0.0457. The average molecular weight is 212 g/mol. The van der Waals surface area contributed by atoms with Gasteiger partial charge < -0.3 is 10.2 Å². The van der Waals surface area contributed by atoms with Crippen LogP contribution in [0.5, 0.6) is 0 Å². The monoisotopic (exact) mass is 212 g/mol. The molecule has 0 aromatic rings. The molecule has 0 radical (unpaired) electrons. The number of hydrogen-bond donors (Lipinski definition) is 1. The quantitative estimate of drug-likeness (QED) is 0.749. The molecular formula is C12H24N2O. The van der Waals surface area contributed by atoms with E-state index >= 15 is 0 Å². The summed E-state index contributed by atoms with van der Waals surface area (Å²) in [6.07, 6.45) is 4.87. The first-order chi connectivity index (χ1) is 7.00. The molecule has 2 atom stereocenters. The van der Waals surface area contributed by atoms with E-state index in [2.05, 4.69) is 19.2 Å². The zero-order chi connectivity index (χ0) is 11.4. The molecule has 1 aliphatic rings. The Labute approximate surface area is 93.2 Å². The van der Waals surface area contributed by atoms with E-state index < -0.39 is 0 Å². The number of nitrogens with zero attached hydrogens (tertiary/aromatic N) is 1. The van der Waals surface area contributed by atoms with Gasteiger partial charge >= 0.3 is 6.03 Å². The van der Waals surface area contributed by atoms with Crippen LogP contribution in [-0.4, -0.2) is 31.1 Å². The Hall–Kier alpha value is -0.730. The highest BCUT2D eigenvalue weighted by Crippen LogP contribution is 2.29.